The minimum Gasteiger partial charge on any atom is -0.350 e. The summed E-state index contributed by atoms with van der Waals surface area (Å²) in [5.74, 6) is 0.236. The Morgan fingerprint density at radius 1 is 0.844 bits per heavy atom. The molecular weight excluding hydrogens is 400 g/mol. The molecule has 5 aliphatic rings. The number of amides is 3. The van der Waals surface area contributed by atoms with Gasteiger partial charge in [0.2, 0.25) is 17.7 Å². The smallest absolute Gasteiger partial charge is 0.243 e. The largest absolute Gasteiger partial charge is 0.350 e. The van der Waals surface area contributed by atoms with Crippen LogP contribution in [0, 0.1) is 35.5 Å². The highest BCUT2D eigenvalue weighted by Gasteiger charge is 2.67. The molecule has 32 heavy (non-hydrogen) atoms. The summed E-state index contributed by atoms with van der Waals surface area (Å²) in [7, 11) is 0. The molecule has 0 spiro atoms. The highest BCUT2D eigenvalue weighted by molar-refractivity contribution is 6.09. The Morgan fingerprint density at radius 3 is 1.94 bits per heavy atom. The summed E-state index contributed by atoms with van der Waals surface area (Å²) in [5, 5.41) is 2.97. The average Bonchev–Trinajstić information content (AvgIpc) is 3.61. The lowest BCUT2D eigenvalue weighted by molar-refractivity contribution is -0.148. The Balaban J connectivity index is 1.29. The molecule has 7 atom stereocenters. The van der Waals surface area contributed by atoms with Crippen LogP contribution in [0.5, 0.6) is 0 Å². The molecular formula is C27H26N2O3. The van der Waals surface area contributed by atoms with Crippen molar-refractivity contribution in [2.24, 2.45) is 35.5 Å². The predicted molar refractivity (Wildman–Crippen MR) is 119 cm³/mol. The number of hydrogen-bond donors (Lipinski definition) is 1. The van der Waals surface area contributed by atoms with Gasteiger partial charge in [-0.15, -0.1) is 0 Å². The van der Waals surface area contributed by atoms with E-state index in [0.717, 1.165) is 17.5 Å². The second kappa shape index (κ2) is 7.44. The van der Waals surface area contributed by atoms with Gasteiger partial charge in [-0.1, -0.05) is 72.8 Å². The predicted octanol–water partition coefficient (Wildman–Crippen LogP) is 2.97. The van der Waals surface area contributed by atoms with E-state index in [-0.39, 0.29) is 41.4 Å². The highest BCUT2D eigenvalue weighted by Crippen LogP contribution is 2.65. The van der Waals surface area contributed by atoms with E-state index in [2.05, 4.69) is 17.5 Å². The van der Waals surface area contributed by atoms with Crippen molar-refractivity contribution in [3.8, 4) is 0 Å². The number of nitrogens with one attached hydrogen (secondary N) is 1. The number of carbonyl (C=O) groups excluding carboxylic acids is 3. The van der Waals surface area contributed by atoms with Crippen LogP contribution in [-0.2, 0) is 27.3 Å². The molecule has 1 saturated heterocycles. The molecule has 7 rings (SSSR count). The zero-order chi connectivity index (χ0) is 21.8. The number of likely N-dealkylation sites (tertiary alicyclic amines) is 1. The summed E-state index contributed by atoms with van der Waals surface area (Å²) in [4.78, 5) is 41.9. The summed E-state index contributed by atoms with van der Waals surface area (Å²) in [6.07, 6.45) is 5.78. The Bertz CT molecular complexity index is 1060. The molecule has 162 valence electrons. The van der Waals surface area contributed by atoms with Gasteiger partial charge in [-0.25, -0.2) is 0 Å². The van der Waals surface area contributed by atoms with Crippen LogP contribution >= 0.6 is 0 Å². The van der Waals surface area contributed by atoms with Gasteiger partial charge in [0, 0.05) is 13.0 Å². The highest BCUT2D eigenvalue weighted by atomic mass is 16.2. The van der Waals surface area contributed by atoms with Crippen molar-refractivity contribution in [2.75, 3.05) is 0 Å². The van der Waals surface area contributed by atoms with E-state index in [4.69, 9.17) is 0 Å². The number of carbonyl (C=O) groups is 3. The van der Waals surface area contributed by atoms with Crippen molar-refractivity contribution in [1.29, 1.82) is 0 Å². The molecule has 2 bridgehead atoms. The van der Waals surface area contributed by atoms with E-state index < -0.39 is 6.04 Å². The molecule has 3 fully saturated rings. The van der Waals surface area contributed by atoms with E-state index >= 15 is 0 Å². The van der Waals surface area contributed by atoms with E-state index in [1.165, 1.54) is 4.90 Å². The third kappa shape index (κ3) is 3.02. The van der Waals surface area contributed by atoms with E-state index in [1.54, 1.807) is 0 Å². The Hall–Kier alpha value is -3.21. The topological polar surface area (TPSA) is 66.5 Å². The van der Waals surface area contributed by atoms with Gasteiger partial charge in [-0.3, -0.25) is 19.3 Å². The third-order valence-corrected chi connectivity index (χ3v) is 7.89. The van der Waals surface area contributed by atoms with Gasteiger partial charge in [0.15, 0.2) is 0 Å². The maximum Gasteiger partial charge on any atom is 0.243 e. The van der Waals surface area contributed by atoms with Crippen LogP contribution in [0.1, 0.15) is 17.5 Å². The molecule has 5 heteroatoms. The number of allylic oxidation sites excluding steroid dienone is 2. The van der Waals surface area contributed by atoms with Gasteiger partial charge in [0.05, 0.1) is 11.8 Å². The molecule has 2 aromatic rings. The number of imide groups is 1. The van der Waals surface area contributed by atoms with Crippen molar-refractivity contribution in [1.82, 2.24) is 10.2 Å². The fourth-order valence-corrected chi connectivity index (χ4v) is 6.33. The number of rotatable bonds is 6. The fraction of sp³-hybridized carbons (Fsp3) is 0.370. The summed E-state index contributed by atoms with van der Waals surface area (Å²) < 4.78 is 0. The van der Waals surface area contributed by atoms with Crippen LogP contribution in [0.4, 0.5) is 0 Å². The maximum atomic E-state index is 13.6. The maximum absolute atomic E-state index is 13.6. The van der Waals surface area contributed by atoms with Gasteiger partial charge < -0.3 is 5.32 Å². The van der Waals surface area contributed by atoms with Crippen molar-refractivity contribution in [2.45, 2.75) is 25.4 Å². The molecule has 2 aromatic carbocycles. The zero-order valence-corrected chi connectivity index (χ0v) is 17.8. The summed E-state index contributed by atoms with van der Waals surface area (Å²) in [6.45, 7) is 0.366. The zero-order valence-electron chi connectivity index (χ0n) is 17.8. The van der Waals surface area contributed by atoms with Gasteiger partial charge >= 0.3 is 0 Å². The monoisotopic (exact) mass is 426 g/mol. The van der Waals surface area contributed by atoms with Crippen LogP contribution in [0.25, 0.3) is 0 Å². The molecule has 4 aliphatic carbocycles. The molecule has 5 nitrogen and oxygen atoms in total. The van der Waals surface area contributed by atoms with Crippen molar-refractivity contribution >= 4 is 17.7 Å². The minimum absolute atomic E-state index is 0.152. The molecule has 2 saturated carbocycles. The number of nitrogens with zero attached hydrogens (tertiary/aromatic N) is 1. The molecule has 1 heterocycles. The first-order valence-electron chi connectivity index (χ1n) is 11.5. The van der Waals surface area contributed by atoms with Crippen molar-refractivity contribution in [3.05, 3.63) is 83.9 Å². The quantitative estimate of drug-likeness (QED) is 0.571. The van der Waals surface area contributed by atoms with Crippen molar-refractivity contribution in [3.63, 3.8) is 0 Å². The lowest BCUT2D eigenvalue weighted by Gasteiger charge is -2.37. The Kier molecular flexibility index (Phi) is 4.53. The summed E-state index contributed by atoms with van der Waals surface area (Å²) in [5.41, 5.74) is 1.92. The van der Waals surface area contributed by atoms with Crippen LogP contribution < -0.4 is 5.32 Å². The third-order valence-electron chi connectivity index (χ3n) is 7.89. The molecule has 3 amide bonds. The van der Waals surface area contributed by atoms with Gasteiger partial charge in [0.25, 0.3) is 0 Å². The van der Waals surface area contributed by atoms with E-state index in [1.807, 2.05) is 60.7 Å². The molecule has 0 aromatic heterocycles. The lowest BCUT2D eigenvalue weighted by atomic mass is 9.63. The van der Waals surface area contributed by atoms with Crippen LogP contribution in [-0.4, -0.2) is 28.7 Å². The lowest BCUT2D eigenvalue weighted by Crippen LogP contribution is -2.51. The van der Waals surface area contributed by atoms with E-state index in [9.17, 15) is 14.4 Å². The van der Waals surface area contributed by atoms with Crippen molar-refractivity contribution < 1.29 is 14.4 Å². The molecule has 1 aliphatic heterocycles. The number of benzene rings is 2. The minimum atomic E-state index is -0.831. The second-order valence-electron chi connectivity index (χ2n) is 9.61. The number of hydrogen-bond acceptors (Lipinski definition) is 3. The molecule has 0 radical (unpaired) electrons. The second-order valence-corrected chi connectivity index (χ2v) is 9.61. The summed E-state index contributed by atoms with van der Waals surface area (Å²) in [6, 6.07) is 18.5. The normalized spacial score (nSPS) is 32.4. The Morgan fingerprint density at radius 2 is 1.38 bits per heavy atom. The van der Waals surface area contributed by atoms with Crippen LogP contribution in [0.15, 0.2) is 72.8 Å². The van der Waals surface area contributed by atoms with Gasteiger partial charge in [0.1, 0.15) is 6.04 Å². The standard InChI is InChI=1S/C27H26N2O3/c30-25(28-15-17-9-5-2-6-10-17)22(13-16-7-3-1-4-8-16)29-26(31)23-18-11-12-19(21-14-20(18)21)24(23)27(29)32/h1-12,18-24H,13-15H2,(H,28,30)/t18-,19-,20-,21+,22-,23+,24+/m0/s1. The Labute approximate surface area is 187 Å². The first-order valence-corrected chi connectivity index (χ1v) is 11.5. The fourth-order valence-electron chi connectivity index (χ4n) is 6.33. The molecule has 0 unspecified atom stereocenters. The van der Waals surface area contributed by atoms with Gasteiger partial charge in [-0.05, 0) is 41.2 Å². The first kappa shape index (κ1) is 19.5. The van der Waals surface area contributed by atoms with Crippen LogP contribution in [0.2, 0.25) is 0 Å². The molecule has 1 N–H and O–H groups in total. The van der Waals surface area contributed by atoms with E-state index in [0.29, 0.717) is 24.8 Å². The SMILES string of the molecule is O=C(NCc1ccccc1)[C@H](Cc1ccccc1)N1C(=O)[C@@H]2[C@H]3C=C[C@@H]([C@@H]4C[C@H]34)[C@H]2C1=O. The van der Waals surface area contributed by atoms with Crippen LogP contribution in [0.3, 0.4) is 0 Å². The first-order chi connectivity index (χ1) is 15.6. The summed E-state index contributed by atoms with van der Waals surface area (Å²) >= 11 is 0. The van der Waals surface area contributed by atoms with Gasteiger partial charge in [-0.2, -0.15) is 0 Å². The average molecular weight is 427 g/mol.